The quantitative estimate of drug-likeness (QED) is 0.383. The number of amides is 1. The number of rotatable bonds is 10. The molecular formula is C20H32N2O5. The fourth-order valence-corrected chi connectivity index (χ4v) is 3.08. The highest BCUT2D eigenvalue weighted by Crippen LogP contribution is 2.23. The Morgan fingerprint density at radius 1 is 1.15 bits per heavy atom. The number of hydrogen-bond acceptors (Lipinski definition) is 5. The molecule has 0 saturated heterocycles. The first-order chi connectivity index (χ1) is 12.7. The van der Waals surface area contributed by atoms with Crippen molar-refractivity contribution in [1.82, 2.24) is 9.88 Å². The van der Waals surface area contributed by atoms with E-state index >= 15 is 0 Å². The molecule has 1 amide bonds. The summed E-state index contributed by atoms with van der Waals surface area (Å²) in [5.74, 6) is -0.974. The topological polar surface area (TPSA) is 88.7 Å². The normalized spacial score (nSPS) is 12.1. The molecule has 1 aromatic heterocycles. The number of ketones is 1. The number of aromatic nitrogens is 1. The van der Waals surface area contributed by atoms with E-state index in [1.807, 2.05) is 13.8 Å². The Hall–Kier alpha value is -2.15. The van der Waals surface area contributed by atoms with Crippen LogP contribution in [-0.4, -0.2) is 60.5 Å². The summed E-state index contributed by atoms with van der Waals surface area (Å²) in [4.78, 5) is 42.5. The standard InChI is InChI=1S/C20H32N2O5/c1-8-27-20(25)17-13(4)16(14(5)21-17)18(23)15(6)22(10-9-11-26-7)19(24)12(2)3/h12,15,21H,8-11H2,1-7H3/t15-/m1/s1. The number of Topliss-reactive ketones (excluding diaryl/α,β-unsaturated/α-hetero) is 1. The third-order valence-electron chi connectivity index (χ3n) is 4.53. The van der Waals surface area contributed by atoms with Crippen molar-refractivity contribution in [2.75, 3.05) is 26.9 Å². The van der Waals surface area contributed by atoms with Gasteiger partial charge in [-0.1, -0.05) is 13.8 Å². The Morgan fingerprint density at radius 3 is 2.30 bits per heavy atom. The highest BCUT2D eigenvalue weighted by molar-refractivity contribution is 6.06. The van der Waals surface area contributed by atoms with Gasteiger partial charge in [-0.2, -0.15) is 0 Å². The maximum Gasteiger partial charge on any atom is 0.355 e. The molecule has 27 heavy (non-hydrogen) atoms. The molecule has 1 aromatic rings. The van der Waals surface area contributed by atoms with Gasteiger partial charge in [0.1, 0.15) is 5.69 Å². The fraction of sp³-hybridized carbons (Fsp3) is 0.650. The number of esters is 1. The summed E-state index contributed by atoms with van der Waals surface area (Å²) in [6, 6.07) is -0.639. The van der Waals surface area contributed by atoms with Crippen LogP contribution in [0.5, 0.6) is 0 Å². The molecule has 1 N–H and O–H groups in total. The lowest BCUT2D eigenvalue weighted by molar-refractivity contribution is -0.135. The lowest BCUT2D eigenvalue weighted by Crippen LogP contribution is -2.46. The zero-order valence-corrected chi connectivity index (χ0v) is 17.5. The highest BCUT2D eigenvalue weighted by atomic mass is 16.5. The van der Waals surface area contributed by atoms with Gasteiger partial charge in [0.15, 0.2) is 5.78 Å². The van der Waals surface area contributed by atoms with Crippen LogP contribution in [0.25, 0.3) is 0 Å². The number of methoxy groups -OCH3 is 1. The van der Waals surface area contributed by atoms with E-state index in [0.717, 1.165) is 0 Å². The van der Waals surface area contributed by atoms with Crippen LogP contribution >= 0.6 is 0 Å². The Balaban J connectivity index is 3.16. The summed E-state index contributed by atoms with van der Waals surface area (Å²) in [6.07, 6.45) is 0.645. The zero-order valence-electron chi connectivity index (χ0n) is 17.5. The van der Waals surface area contributed by atoms with Crippen LogP contribution in [0.15, 0.2) is 0 Å². The van der Waals surface area contributed by atoms with Gasteiger partial charge >= 0.3 is 5.97 Å². The number of aromatic amines is 1. The lowest BCUT2D eigenvalue weighted by Gasteiger charge is -2.30. The molecule has 0 spiro atoms. The van der Waals surface area contributed by atoms with Crippen LogP contribution in [0.2, 0.25) is 0 Å². The molecule has 0 aromatic carbocycles. The Kier molecular flexibility index (Phi) is 8.69. The number of hydrogen-bond donors (Lipinski definition) is 1. The minimum absolute atomic E-state index is 0.0802. The molecule has 0 aliphatic carbocycles. The molecule has 0 aliphatic rings. The van der Waals surface area contributed by atoms with Crippen molar-refractivity contribution >= 4 is 17.7 Å². The molecule has 0 fully saturated rings. The molecule has 7 heteroatoms. The third kappa shape index (κ3) is 5.42. The molecule has 1 atom stereocenters. The first-order valence-corrected chi connectivity index (χ1v) is 9.37. The van der Waals surface area contributed by atoms with Crippen molar-refractivity contribution in [3.8, 4) is 0 Å². The van der Waals surface area contributed by atoms with E-state index in [4.69, 9.17) is 9.47 Å². The Labute approximate surface area is 161 Å². The second-order valence-electron chi connectivity index (χ2n) is 6.92. The number of H-pyrrole nitrogens is 1. The number of carbonyl (C=O) groups excluding carboxylic acids is 3. The van der Waals surface area contributed by atoms with Gasteiger partial charge in [-0.3, -0.25) is 9.59 Å². The number of nitrogens with one attached hydrogen (secondary N) is 1. The average molecular weight is 380 g/mol. The van der Waals surface area contributed by atoms with Crippen LogP contribution < -0.4 is 0 Å². The predicted molar refractivity (Wildman–Crippen MR) is 103 cm³/mol. The van der Waals surface area contributed by atoms with Crippen molar-refractivity contribution in [3.63, 3.8) is 0 Å². The van der Waals surface area contributed by atoms with Gasteiger partial charge in [0.25, 0.3) is 0 Å². The molecule has 0 bridgehead atoms. The fourth-order valence-electron chi connectivity index (χ4n) is 3.08. The van der Waals surface area contributed by atoms with E-state index in [0.29, 0.717) is 36.4 Å². The Bertz CT molecular complexity index is 678. The van der Waals surface area contributed by atoms with Gasteiger partial charge in [0.05, 0.1) is 12.6 Å². The van der Waals surface area contributed by atoms with E-state index < -0.39 is 12.0 Å². The number of aryl methyl sites for hydroxylation is 1. The number of carbonyl (C=O) groups is 3. The summed E-state index contributed by atoms with van der Waals surface area (Å²) < 4.78 is 10.1. The van der Waals surface area contributed by atoms with E-state index in [1.165, 1.54) is 0 Å². The van der Waals surface area contributed by atoms with Crippen LogP contribution in [-0.2, 0) is 14.3 Å². The van der Waals surface area contributed by atoms with Crippen molar-refractivity contribution in [2.24, 2.45) is 5.92 Å². The molecule has 1 heterocycles. The van der Waals surface area contributed by atoms with E-state index in [9.17, 15) is 14.4 Å². The number of nitrogens with zero attached hydrogens (tertiary/aromatic N) is 1. The van der Waals surface area contributed by atoms with Crippen LogP contribution in [0.4, 0.5) is 0 Å². The second kappa shape index (κ2) is 10.3. The highest BCUT2D eigenvalue weighted by Gasteiger charge is 2.31. The molecule has 0 radical (unpaired) electrons. The van der Waals surface area contributed by atoms with Crippen molar-refractivity contribution in [3.05, 3.63) is 22.5 Å². The maximum absolute atomic E-state index is 13.2. The first kappa shape index (κ1) is 22.9. The van der Waals surface area contributed by atoms with Crippen molar-refractivity contribution < 1.29 is 23.9 Å². The molecule has 0 unspecified atom stereocenters. The maximum atomic E-state index is 13.2. The Morgan fingerprint density at radius 2 is 1.78 bits per heavy atom. The van der Waals surface area contributed by atoms with E-state index in [-0.39, 0.29) is 29.9 Å². The van der Waals surface area contributed by atoms with Gasteiger partial charge in [-0.05, 0) is 39.7 Å². The van der Waals surface area contributed by atoms with Crippen LogP contribution in [0.3, 0.4) is 0 Å². The molecule has 0 aliphatic heterocycles. The van der Waals surface area contributed by atoms with Gasteiger partial charge in [0.2, 0.25) is 5.91 Å². The third-order valence-corrected chi connectivity index (χ3v) is 4.53. The smallest absolute Gasteiger partial charge is 0.355 e. The molecular weight excluding hydrogens is 348 g/mol. The zero-order chi connectivity index (χ0) is 20.7. The summed E-state index contributed by atoms with van der Waals surface area (Å²) in [7, 11) is 1.60. The summed E-state index contributed by atoms with van der Waals surface area (Å²) >= 11 is 0. The van der Waals surface area contributed by atoms with Gasteiger partial charge < -0.3 is 19.4 Å². The minimum Gasteiger partial charge on any atom is -0.461 e. The van der Waals surface area contributed by atoms with Gasteiger partial charge in [0, 0.05) is 37.4 Å². The SMILES string of the molecule is CCOC(=O)c1[nH]c(C)c(C(=O)[C@@H](C)N(CCCOC)C(=O)C(C)C)c1C. The molecule has 152 valence electrons. The van der Waals surface area contributed by atoms with E-state index in [2.05, 4.69) is 4.98 Å². The average Bonchev–Trinajstić information content (AvgIpc) is 2.91. The van der Waals surface area contributed by atoms with Gasteiger partial charge in [-0.15, -0.1) is 0 Å². The minimum atomic E-state index is -0.639. The molecule has 0 saturated carbocycles. The second-order valence-corrected chi connectivity index (χ2v) is 6.92. The lowest BCUT2D eigenvalue weighted by atomic mass is 9.98. The largest absolute Gasteiger partial charge is 0.461 e. The monoisotopic (exact) mass is 380 g/mol. The van der Waals surface area contributed by atoms with Crippen LogP contribution in [0, 0.1) is 19.8 Å². The summed E-state index contributed by atoms with van der Waals surface area (Å²) in [5, 5.41) is 0. The van der Waals surface area contributed by atoms with E-state index in [1.54, 1.807) is 39.7 Å². The van der Waals surface area contributed by atoms with Gasteiger partial charge in [-0.25, -0.2) is 4.79 Å². The van der Waals surface area contributed by atoms with Crippen molar-refractivity contribution in [1.29, 1.82) is 0 Å². The molecule has 1 rings (SSSR count). The van der Waals surface area contributed by atoms with Crippen LogP contribution in [0.1, 0.15) is 66.2 Å². The van der Waals surface area contributed by atoms with Crippen molar-refractivity contribution in [2.45, 2.75) is 54.0 Å². The summed E-state index contributed by atoms with van der Waals surface area (Å²) in [6.45, 7) is 11.8. The summed E-state index contributed by atoms with van der Waals surface area (Å²) in [5.41, 5.74) is 1.88. The first-order valence-electron chi connectivity index (χ1n) is 9.37. The predicted octanol–water partition coefficient (Wildman–Crippen LogP) is 2.90. The number of ether oxygens (including phenoxy) is 2. The molecule has 7 nitrogen and oxygen atoms in total.